The van der Waals surface area contributed by atoms with Crippen LogP contribution in [0, 0.1) is 0 Å². The zero-order valence-electron chi connectivity index (χ0n) is 39.7. The van der Waals surface area contributed by atoms with Crippen molar-refractivity contribution in [1.82, 2.24) is 43.6 Å². The fraction of sp³-hybridized carbons (Fsp3) is 0.583. The summed E-state index contributed by atoms with van der Waals surface area (Å²) in [4.78, 5) is 80.1. The van der Waals surface area contributed by atoms with Crippen molar-refractivity contribution in [3.05, 3.63) is 62.0 Å². The maximum atomic E-state index is 12.0. The molecule has 0 saturated carbocycles. The first-order chi connectivity index (χ1) is 34.9. The second-order valence-corrected chi connectivity index (χ2v) is 24.2. The van der Waals surface area contributed by atoms with Crippen LogP contribution < -0.4 is 43.8 Å². The van der Waals surface area contributed by atoms with E-state index in [1.165, 1.54) is 51.6 Å². The van der Waals surface area contributed by atoms with Crippen LogP contribution in [0.3, 0.4) is 0 Å². The molecule has 8 rings (SSSR count). The third-order valence-electron chi connectivity index (χ3n) is 11.0. The number of imidazole rings is 1. The van der Waals surface area contributed by atoms with Gasteiger partial charge in [0.25, 0.3) is 11.1 Å². The number of aliphatic hydroxyl groups is 2. The number of nitrogen functional groups attached to an aromatic ring is 3. The van der Waals surface area contributed by atoms with E-state index in [1.54, 1.807) is 16.8 Å². The largest absolute Gasteiger partial charge is 0.780 e. The van der Waals surface area contributed by atoms with Gasteiger partial charge >= 0.3 is 5.69 Å². The molecule has 0 aliphatic carbocycles. The Morgan fingerprint density at radius 1 is 0.730 bits per heavy atom. The summed E-state index contributed by atoms with van der Waals surface area (Å²) in [6.45, 7) is -10.9. The van der Waals surface area contributed by atoms with Crippen molar-refractivity contribution in [1.29, 1.82) is 0 Å². The highest BCUT2D eigenvalue weighted by molar-refractivity contribution is 8.32. The van der Waals surface area contributed by atoms with Crippen LogP contribution in [0.2, 0.25) is 0 Å². The van der Waals surface area contributed by atoms with Gasteiger partial charge in [0.1, 0.15) is 68.2 Å². The number of nitrogens with one attached hydrogen (secondary N) is 2. The molecule has 3 aliphatic heterocycles. The number of H-pyrrole nitrogens is 2. The molecule has 74 heavy (non-hydrogen) atoms. The van der Waals surface area contributed by atoms with Crippen LogP contribution in [0.25, 0.3) is 22.2 Å². The summed E-state index contributed by atoms with van der Waals surface area (Å²) in [6, 6.07) is 3.00. The van der Waals surface area contributed by atoms with E-state index in [4.69, 9.17) is 87.8 Å². The van der Waals surface area contributed by atoms with Crippen LogP contribution in [0.5, 0.6) is 0 Å². The highest BCUT2D eigenvalue weighted by Crippen LogP contribution is 2.50. The summed E-state index contributed by atoms with van der Waals surface area (Å²) in [5, 5.41) is 21.4. The Morgan fingerprint density at radius 2 is 1.24 bits per heavy atom. The summed E-state index contributed by atoms with van der Waals surface area (Å²) in [6.07, 6.45) is -5.64. The fourth-order valence-corrected chi connectivity index (χ4v) is 10.5. The molecule has 32 nitrogen and oxygen atoms in total. The van der Waals surface area contributed by atoms with Gasteiger partial charge in [0, 0.05) is 61.5 Å². The summed E-state index contributed by atoms with van der Waals surface area (Å²) in [5.74, 6) is -0.0760. The number of nitrogens with two attached hydrogens (primary N) is 3. The second-order valence-electron chi connectivity index (χ2n) is 15.7. The molecule has 0 radical (unpaired) electrons. The molecule has 38 heteroatoms. The highest BCUT2D eigenvalue weighted by atomic mass is 32.7. The van der Waals surface area contributed by atoms with Crippen molar-refractivity contribution >= 4 is 96.0 Å². The number of rotatable bonds is 18. The Bertz CT molecular complexity index is 3060. The second kappa shape index (κ2) is 25.2. The number of nitrogens with zero attached hydrogens (tertiary/aromatic N) is 7. The molecule has 3 saturated heterocycles. The van der Waals surface area contributed by atoms with E-state index < -0.39 is 99.0 Å². The highest BCUT2D eigenvalue weighted by Gasteiger charge is 2.48. The first kappa shape index (κ1) is 59.5. The van der Waals surface area contributed by atoms with Gasteiger partial charge in [-0.15, -0.1) is 0 Å². The molecule has 10 N–H and O–H groups in total. The zero-order valence-corrected chi connectivity index (χ0v) is 44.9. The first-order valence-corrected chi connectivity index (χ1v) is 29.0. The molecule has 3 fully saturated rings. The predicted molar refractivity (Wildman–Crippen MR) is 263 cm³/mol. The first-order valence-electron chi connectivity index (χ1n) is 21.3. The molecular weight excluding hydrogens is 1110 g/mol. The minimum atomic E-state index is -3.82. The lowest BCUT2D eigenvalue weighted by Gasteiger charge is -2.31. The average molecular weight is 1160 g/mol. The Balaban J connectivity index is 0.000000181. The normalized spacial score (nSPS) is 28.2. The van der Waals surface area contributed by atoms with E-state index in [0.717, 1.165) is 18.8 Å². The number of fused-ring (bicyclic) bond motifs is 2. The van der Waals surface area contributed by atoms with E-state index in [-0.39, 0.29) is 54.3 Å². The van der Waals surface area contributed by atoms with Gasteiger partial charge in [-0.25, -0.2) is 9.78 Å². The Morgan fingerprint density at radius 3 is 1.77 bits per heavy atom. The van der Waals surface area contributed by atoms with Crippen molar-refractivity contribution in [3.63, 3.8) is 0 Å². The molecule has 5 aromatic rings. The molecule has 14 unspecified atom stereocenters. The van der Waals surface area contributed by atoms with Gasteiger partial charge < -0.3 is 110 Å². The summed E-state index contributed by atoms with van der Waals surface area (Å²) in [7, 11) is 7.86. The maximum Gasteiger partial charge on any atom is 0.351 e. The fourth-order valence-electron chi connectivity index (χ4n) is 7.69. The number of hydrogen-bond acceptors (Lipinski definition) is 30. The van der Waals surface area contributed by atoms with E-state index in [0.29, 0.717) is 17.5 Å². The van der Waals surface area contributed by atoms with Crippen molar-refractivity contribution in [2.45, 2.75) is 73.9 Å². The monoisotopic (exact) mass is 1160 g/mol. The lowest BCUT2D eigenvalue weighted by atomic mass is 10.1. The van der Waals surface area contributed by atoms with Gasteiger partial charge in [0.05, 0.1) is 37.6 Å². The van der Waals surface area contributed by atoms with Gasteiger partial charge in [-0.1, -0.05) is 23.6 Å². The molecule has 5 aromatic heterocycles. The summed E-state index contributed by atoms with van der Waals surface area (Å²) in [5.41, 5.74) is 15.6. The number of aromatic nitrogens is 9. The molecule has 14 atom stereocenters. The lowest BCUT2D eigenvalue weighted by Crippen LogP contribution is -2.38. The van der Waals surface area contributed by atoms with Gasteiger partial charge in [0.15, 0.2) is 36.1 Å². The molecule has 3 aliphatic rings. The van der Waals surface area contributed by atoms with Crippen LogP contribution in [-0.2, 0) is 96.0 Å². The van der Waals surface area contributed by atoms with E-state index in [9.17, 15) is 38.9 Å². The van der Waals surface area contributed by atoms with Crippen LogP contribution in [0.4, 0.5) is 17.7 Å². The topological polar surface area (TPSA) is 442 Å². The third kappa shape index (κ3) is 14.1. The molecular formula is C36H52N12O20P3S3-3. The smallest absolute Gasteiger partial charge is 0.351 e. The van der Waals surface area contributed by atoms with E-state index >= 15 is 0 Å². The van der Waals surface area contributed by atoms with Crippen LogP contribution >= 0.6 is 20.2 Å². The average Bonchev–Trinajstić information content (AvgIpc) is 4.17. The van der Waals surface area contributed by atoms with Gasteiger partial charge in [-0.05, 0) is 12.1 Å². The predicted octanol–water partition coefficient (Wildman–Crippen LogP) is -2.50. The van der Waals surface area contributed by atoms with E-state index in [2.05, 4.69) is 50.8 Å². The number of hydrogen-bond donors (Lipinski definition) is 7. The number of anilines is 3. The van der Waals surface area contributed by atoms with Gasteiger partial charge in [-0.2, -0.15) is 15.0 Å². The Kier molecular flexibility index (Phi) is 20.3. The minimum Gasteiger partial charge on any atom is -0.780 e. The molecule has 0 spiro atoms. The van der Waals surface area contributed by atoms with Crippen molar-refractivity contribution < 1.29 is 80.1 Å². The van der Waals surface area contributed by atoms with Crippen LogP contribution in [0.15, 0.2) is 45.2 Å². The molecule has 0 bridgehead atoms. The number of methoxy groups -OCH3 is 3. The molecule has 0 amide bonds. The van der Waals surface area contributed by atoms with E-state index in [1.807, 2.05) is 0 Å². The quantitative estimate of drug-likeness (QED) is 0.0352. The van der Waals surface area contributed by atoms with Crippen molar-refractivity contribution in [3.8, 4) is 0 Å². The SMILES string of the molecule is COCC1OC(n2ccc(N)nc2=O)C(O)C1OP([O-])(=S)OC.COCC1OC(n2ccc3c(=O)[nH]c(N)nc32)CC1OP(=O)([S-])OC.COCC1OC(n2cnc3c(=O)[nH]c(N)nc32)C(O)C1OP([O-])(=S)OC. The third-order valence-corrected chi connectivity index (χ3v) is 16.0. The van der Waals surface area contributed by atoms with Crippen LogP contribution in [-0.4, -0.2) is 165 Å². The zero-order chi connectivity index (χ0) is 54.4. The van der Waals surface area contributed by atoms with Crippen LogP contribution in [0.1, 0.15) is 25.1 Å². The van der Waals surface area contributed by atoms with Crippen molar-refractivity contribution in [2.24, 2.45) is 0 Å². The number of ether oxygens (including phenoxy) is 6. The summed E-state index contributed by atoms with van der Waals surface area (Å²) < 4.78 is 78.3. The standard InChI is InChI=1S/C13H19N4O6PS.C12H18N5O7PS.C11H18N3O7PS/c1-20-6-9-8(23-24(19,25)21-2)5-10(22-9)17-4-3-7-11(17)15-13(14)16-12(7)18;1-21-3-5-8(24-25(20,26)22-2)7(18)11(23-5)17-4-14-6-9(17)15-12(13)16-10(6)19;1-18-5-6-9(21-22(17,23)19-2)8(15)10(20-6)14-4-3-7(12)13-11(14)16/h3-4,8-10H,5-6H2,1-2H3,(H,19,25)(H3,14,15,16,18);4-5,7-8,11,18H,3H2,1-2H3,(H,20,26)(H3,13,15,16,19);3-4,6,8-10,15H,5H2,1-2H3,(H,17,23)(H2,12,13,16)/p-3. The van der Waals surface area contributed by atoms with Crippen molar-refractivity contribution in [2.75, 3.05) is 79.7 Å². The number of aromatic amines is 2. The molecule has 8 heterocycles. The number of aliphatic hydroxyl groups excluding tert-OH is 2. The minimum absolute atomic E-state index is 0.00568. The molecule has 0 aromatic carbocycles. The van der Waals surface area contributed by atoms with Gasteiger partial charge in [0.2, 0.25) is 11.9 Å². The maximum absolute atomic E-state index is 12.0. The molecule has 412 valence electrons. The Hall–Kier alpha value is -3.71. The lowest BCUT2D eigenvalue weighted by molar-refractivity contribution is -0.213. The van der Waals surface area contributed by atoms with Gasteiger partial charge in [-0.3, -0.25) is 33.3 Å². The summed E-state index contributed by atoms with van der Waals surface area (Å²) >= 11 is 14.2. The Labute approximate surface area is 433 Å².